The third-order valence-electron chi connectivity index (χ3n) is 2.17. The second-order valence-electron chi connectivity index (χ2n) is 4.25. The maximum absolute atomic E-state index is 12.1. The Morgan fingerprint density at radius 2 is 2.05 bits per heavy atom. The number of sulfonamides is 1. The summed E-state index contributed by atoms with van der Waals surface area (Å²) in [4.78, 5) is 9.56. The molecule has 0 amide bonds. The molecule has 0 aliphatic heterocycles. The number of benzene rings is 1. The molecule has 0 atom stereocenters. The standard InChI is InChI=1S/C11H11ClN2O4S/c1-4-11(2,3)13-19(17,18)10-7-8(14(15)16)5-6-9(10)12/h1,5-7,13H,2-3H3. The highest BCUT2D eigenvalue weighted by atomic mass is 35.5. The molecule has 0 saturated heterocycles. The van der Waals surface area contributed by atoms with Crippen molar-refractivity contribution < 1.29 is 13.3 Å². The van der Waals surface area contributed by atoms with Gasteiger partial charge in [-0.15, -0.1) is 6.42 Å². The Balaban J connectivity index is 3.33. The average molecular weight is 303 g/mol. The molecule has 0 aliphatic carbocycles. The van der Waals surface area contributed by atoms with Crippen molar-refractivity contribution in [3.63, 3.8) is 0 Å². The Morgan fingerprint density at radius 1 is 1.47 bits per heavy atom. The summed E-state index contributed by atoms with van der Waals surface area (Å²) in [6, 6.07) is 3.15. The number of terminal acetylenes is 1. The number of nitro groups is 1. The van der Waals surface area contributed by atoms with Crippen molar-refractivity contribution >= 4 is 27.3 Å². The highest BCUT2D eigenvalue weighted by Crippen LogP contribution is 2.26. The van der Waals surface area contributed by atoms with E-state index in [1.54, 1.807) is 0 Å². The maximum atomic E-state index is 12.1. The van der Waals surface area contributed by atoms with Crippen LogP contribution in [0.2, 0.25) is 5.02 Å². The van der Waals surface area contributed by atoms with E-state index in [0.717, 1.165) is 18.2 Å². The van der Waals surface area contributed by atoms with Crippen molar-refractivity contribution in [2.75, 3.05) is 0 Å². The molecule has 102 valence electrons. The zero-order chi connectivity index (χ0) is 14.8. The predicted octanol–water partition coefficient (Wildman–Crippen LogP) is 1.94. The lowest BCUT2D eigenvalue weighted by Crippen LogP contribution is -2.42. The Labute approximate surface area is 116 Å². The molecular weight excluding hydrogens is 292 g/mol. The van der Waals surface area contributed by atoms with Crippen LogP contribution in [0.1, 0.15) is 13.8 Å². The van der Waals surface area contributed by atoms with Crippen LogP contribution in [-0.2, 0) is 10.0 Å². The molecule has 0 spiro atoms. The fourth-order valence-corrected chi connectivity index (χ4v) is 3.10. The third kappa shape index (κ3) is 3.67. The summed E-state index contributed by atoms with van der Waals surface area (Å²) >= 11 is 5.76. The Kier molecular flexibility index (Phi) is 4.20. The normalized spacial score (nSPS) is 11.9. The number of nitro benzene ring substituents is 1. The third-order valence-corrected chi connectivity index (χ3v) is 4.30. The number of halogens is 1. The summed E-state index contributed by atoms with van der Waals surface area (Å²) in [7, 11) is -4.05. The van der Waals surface area contributed by atoms with Gasteiger partial charge in [-0.1, -0.05) is 17.5 Å². The highest BCUT2D eigenvalue weighted by Gasteiger charge is 2.27. The molecule has 0 fully saturated rings. The molecule has 8 heteroatoms. The van der Waals surface area contributed by atoms with Gasteiger partial charge in [0.2, 0.25) is 10.0 Å². The van der Waals surface area contributed by atoms with E-state index in [0.29, 0.717) is 0 Å². The Bertz CT molecular complexity index is 662. The first-order chi connectivity index (χ1) is 8.59. The summed E-state index contributed by atoms with van der Waals surface area (Å²) < 4.78 is 26.4. The molecule has 0 aliphatic rings. The van der Waals surface area contributed by atoms with Gasteiger partial charge < -0.3 is 0 Å². The topological polar surface area (TPSA) is 89.3 Å². The van der Waals surface area contributed by atoms with Gasteiger partial charge >= 0.3 is 0 Å². The second kappa shape index (κ2) is 5.17. The molecule has 0 radical (unpaired) electrons. The first-order valence-corrected chi connectivity index (χ1v) is 6.91. The van der Waals surface area contributed by atoms with E-state index in [4.69, 9.17) is 18.0 Å². The maximum Gasteiger partial charge on any atom is 0.270 e. The predicted molar refractivity (Wildman–Crippen MR) is 71.3 cm³/mol. The zero-order valence-electron chi connectivity index (χ0n) is 10.2. The molecule has 0 bridgehead atoms. The summed E-state index contributed by atoms with van der Waals surface area (Å²) in [5.74, 6) is 2.26. The van der Waals surface area contributed by atoms with Crippen LogP contribution in [0, 0.1) is 22.5 Å². The van der Waals surface area contributed by atoms with Crippen LogP contribution in [0.15, 0.2) is 23.1 Å². The summed E-state index contributed by atoms with van der Waals surface area (Å²) in [6.07, 6.45) is 5.19. The van der Waals surface area contributed by atoms with E-state index < -0.39 is 20.5 Å². The molecule has 1 rings (SSSR count). The van der Waals surface area contributed by atoms with Gasteiger partial charge in [0.1, 0.15) is 4.90 Å². The van der Waals surface area contributed by atoms with Crippen molar-refractivity contribution in [2.24, 2.45) is 0 Å². The number of nitrogens with one attached hydrogen (secondary N) is 1. The highest BCUT2D eigenvalue weighted by molar-refractivity contribution is 7.89. The molecule has 0 unspecified atom stereocenters. The lowest BCUT2D eigenvalue weighted by atomic mass is 10.1. The minimum atomic E-state index is -4.05. The molecule has 0 aromatic heterocycles. The van der Waals surface area contributed by atoms with Crippen molar-refractivity contribution in [1.29, 1.82) is 0 Å². The fraction of sp³-hybridized carbons (Fsp3) is 0.273. The summed E-state index contributed by atoms with van der Waals surface area (Å²) in [6.45, 7) is 2.96. The molecular formula is C11H11ClN2O4S. The van der Waals surface area contributed by atoms with E-state index in [1.807, 2.05) is 0 Å². The number of nitrogens with zero attached hydrogens (tertiary/aromatic N) is 1. The van der Waals surface area contributed by atoms with E-state index in [2.05, 4.69) is 10.6 Å². The molecule has 19 heavy (non-hydrogen) atoms. The molecule has 6 nitrogen and oxygen atoms in total. The number of non-ortho nitro benzene ring substituents is 1. The van der Waals surface area contributed by atoms with E-state index in [1.165, 1.54) is 13.8 Å². The largest absolute Gasteiger partial charge is 0.270 e. The van der Waals surface area contributed by atoms with Crippen LogP contribution in [0.5, 0.6) is 0 Å². The van der Waals surface area contributed by atoms with Gasteiger partial charge in [-0.25, -0.2) is 8.42 Å². The molecule has 1 aromatic carbocycles. The summed E-state index contributed by atoms with van der Waals surface area (Å²) in [5, 5.41) is 10.5. The Morgan fingerprint density at radius 3 is 2.53 bits per heavy atom. The van der Waals surface area contributed by atoms with Crippen molar-refractivity contribution in [1.82, 2.24) is 4.72 Å². The van der Waals surface area contributed by atoms with Crippen LogP contribution in [-0.4, -0.2) is 18.9 Å². The average Bonchev–Trinajstić information content (AvgIpc) is 2.27. The SMILES string of the molecule is C#CC(C)(C)NS(=O)(=O)c1cc([N+](=O)[O-])ccc1Cl. The minimum Gasteiger partial charge on any atom is -0.258 e. The monoisotopic (exact) mass is 302 g/mol. The van der Waals surface area contributed by atoms with Gasteiger partial charge in [0.05, 0.1) is 15.5 Å². The smallest absolute Gasteiger partial charge is 0.258 e. The van der Waals surface area contributed by atoms with Crippen LogP contribution in [0.3, 0.4) is 0 Å². The zero-order valence-corrected chi connectivity index (χ0v) is 11.7. The van der Waals surface area contributed by atoms with Crippen LogP contribution < -0.4 is 4.72 Å². The first kappa shape index (κ1) is 15.4. The van der Waals surface area contributed by atoms with Crippen LogP contribution in [0.25, 0.3) is 0 Å². The van der Waals surface area contributed by atoms with Gasteiger partial charge in [0, 0.05) is 12.1 Å². The lowest BCUT2D eigenvalue weighted by Gasteiger charge is -2.19. The van der Waals surface area contributed by atoms with Crippen LogP contribution in [0.4, 0.5) is 5.69 Å². The van der Waals surface area contributed by atoms with Gasteiger partial charge in [0.15, 0.2) is 0 Å². The second-order valence-corrected chi connectivity index (χ2v) is 6.30. The van der Waals surface area contributed by atoms with Crippen molar-refractivity contribution in [2.45, 2.75) is 24.3 Å². The quantitative estimate of drug-likeness (QED) is 0.523. The van der Waals surface area contributed by atoms with E-state index in [-0.39, 0.29) is 15.6 Å². The molecule has 0 saturated carbocycles. The lowest BCUT2D eigenvalue weighted by molar-refractivity contribution is -0.385. The first-order valence-electron chi connectivity index (χ1n) is 5.05. The number of rotatable bonds is 4. The van der Waals surface area contributed by atoms with Gasteiger partial charge in [0.25, 0.3) is 5.69 Å². The minimum absolute atomic E-state index is 0.120. The molecule has 1 aromatic rings. The van der Waals surface area contributed by atoms with Gasteiger partial charge in [-0.3, -0.25) is 10.1 Å². The van der Waals surface area contributed by atoms with Gasteiger partial charge in [-0.2, -0.15) is 4.72 Å². The van der Waals surface area contributed by atoms with Crippen molar-refractivity contribution in [3.8, 4) is 12.3 Å². The number of hydrogen-bond acceptors (Lipinski definition) is 4. The van der Waals surface area contributed by atoms with Crippen LogP contribution >= 0.6 is 11.6 Å². The van der Waals surface area contributed by atoms with Gasteiger partial charge in [-0.05, 0) is 19.9 Å². The number of hydrogen-bond donors (Lipinski definition) is 1. The Hall–Kier alpha value is -1.62. The van der Waals surface area contributed by atoms with Crippen molar-refractivity contribution in [3.05, 3.63) is 33.3 Å². The van der Waals surface area contributed by atoms with E-state index in [9.17, 15) is 18.5 Å². The fourth-order valence-electron chi connectivity index (χ4n) is 1.23. The van der Waals surface area contributed by atoms with E-state index >= 15 is 0 Å². The molecule has 0 heterocycles. The molecule has 1 N–H and O–H groups in total. The summed E-state index contributed by atoms with van der Waals surface area (Å²) in [5.41, 5.74) is -1.50.